The maximum Gasteiger partial charge on any atom is 0.490 e. The standard InChI is InChI=1S/C26H26Cl3N5O4S.C2HF3O2/c1-33(11-8-16-2-4-17(5-3-16)25-30-9-10-31-25)26(35)22-15-38-23(32-22)14-34(19-6-7-19)39(36,37)24-20(28)12-18(27)13-21(24)29;3-2(4,5)1(6)7/h2-5,12-13,15,19H,6-11,14H2,1H3,(H,30,31);(H,6,7). The van der Waals surface area contributed by atoms with E-state index >= 15 is 0 Å². The molecule has 0 unspecified atom stereocenters. The van der Waals surface area contributed by atoms with Gasteiger partial charge in [0.1, 0.15) is 17.0 Å². The number of nitrogens with zero attached hydrogens (tertiary/aromatic N) is 4. The van der Waals surface area contributed by atoms with Gasteiger partial charge in [0.05, 0.1) is 23.1 Å². The third kappa shape index (κ3) is 8.91. The lowest BCUT2D eigenvalue weighted by molar-refractivity contribution is -0.192. The number of alkyl halides is 3. The highest BCUT2D eigenvalue weighted by Gasteiger charge is 2.41. The van der Waals surface area contributed by atoms with Gasteiger partial charge in [-0.2, -0.15) is 17.5 Å². The number of hydrogen-bond acceptors (Lipinski definition) is 8. The summed E-state index contributed by atoms with van der Waals surface area (Å²) in [4.78, 5) is 31.9. The molecule has 1 amide bonds. The Bertz CT molecular complexity index is 1710. The smallest absolute Gasteiger partial charge is 0.475 e. The van der Waals surface area contributed by atoms with Crippen LogP contribution in [0.3, 0.4) is 0 Å². The maximum atomic E-state index is 13.5. The van der Waals surface area contributed by atoms with E-state index in [0.29, 0.717) is 25.8 Å². The molecule has 2 aliphatic rings. The van der Waals surface area contributed by atoms with Gasteiger partial charge in [0.15, 0.2) is 5.69 Å². The molecule has 11 nitrogen and oxygen atoms in total. The molecule has 1 aliphatic heterocycles. The number of rotatable bonds is 10. The van der Waals surface area contributed by atoms with Crippen LogP contribution in [0.4, 0.5) is 13.2 Å². The molecule has 0 atom stereocenters. The van der Waals surface area contributed by atoms with Gasteiger partial charge in [-0.25, -0.2) is 18.2 Å². The summed E-state index contributed by atoms with van der Waals surface area (Å²) in [6.45, 7) is 1.95. The third-order valence-electron chi connectivity index (χ3n) is 6.77. The zero-order valence-corrected chi connectivity index (χ0v) is 27.1. The van der Waals surface area contributed by atoms with Gasteiger partial charge >= 0.3 is 12.1 Å². The van der Waals surface area contributed by atoms with E-state index in [4.69, 9.17) is 49.1 Å². The first-order chi connectivity index (χ1) is 21.6. The summed E-state index contributed by atoms with van der Waals surface area (Å²) in [5.41, 5.74) is 2.23. The van der Waals surface area contributed by atoms with Gasteiger partial charge in [-0.15, -0.1) is 0 Å². The molecule has 46 heavy (non-hydrogen) atoms. The first-order valence-corrected chi connectivity index (χ1v) is 16.2. The van der Waals surface area contributed by atoms with Gasteiger partial charge in [0.25, 0.3) is 5.91 Å². The minimum atomic E-state index is -5.08. The molecule has 0 bridgehead atoms. The molecule has 5 rings (SSSR count). The summed E-state index contributed by atoms with van der Waals surface area (Å²) in [6, 6.07) is 10.5. The van der Waals surface area contributed by atoms with Crippen LogP contribution in [0.1, 0.15) is 40.3 Å². The number of carboxylic acid groups (broad SMARTS) is 1. The van der Waals surface area contributed by atoms with E-state index in [1.165, 1.54) is 22.7 Å². The number of likely N-dealkylation sites (N-methyl/N-ethyl adjacent to an activating group) is 1. The van der Waals surface area contributed by atoms with E-state index in [2.05, 4.69) is 15.3 Å². The fourth-order valence-corrected chi connectivity index (χ4v) is 7.43. The van der Waals surface area contributed by atoms with E-state index < -0.39 is 22.2 Å². The average Bonchev–Trinajstić information content (AvgIpc) is 3.44. The van der Waals surface area contributed by atoms with Crippen molar-refractivity contribution >= 4 is 62.5 Å². The van der Waals surface area contributed by atoms with E-state index in [1.54, 1.807) is 11.9 Å². The van der Waals surface area contributed by atoms with Crippen molar-refractivity contribution in [3.05, 3.63) is 80.4 Å². The van der Waals surface area contributed by atoms with Crippen molar-refractivity contribution in [2.75, 3.05) is 26.7 Å². The van der Waals surface area contributed by atoms with Crippen LogP contribution in [0.2, 0.25) is 15.1 Å². The van der Waals surface area contributed by atoms with Crippen molar-refractivity contribution < 1.29 is 40.7 Å². The molecule has 1 aliphatic carbocycles. The van der Waals surface area contributed by atoms with Gasteiger partial charge in [-0.3, -0.25) is 9.79 Å². The van der Waals surface area contributed by atoms with Crippen LogP contribution in [0.5, 0.6) is 0 Å². The van der Waals surface area contributed by atoms with Crippen LogP contribution in [-0.4, -0.2) is 84.3 Å². The molecule has 1 fully saturated rings. The number of carbonyl (C=O) groups excluding carboxylic acids is 1. The SMILES string of the molecule is CN(CCc1ccc(C2=NCCN2)cc1)C(=O)c1coc(CN(C2CC2)S(=O)(=O)c2c(Cl)cc(Cl)cc2Cl)n1.O=C(O)C(F)(F)F. The number of hydrogen-bond donors (Lipinski definition) is 2. The molecule has 3 aromatic rings. The molecular weight excluding hydrogens is 698 g/mol. The summed E-state index contributed by atoms with van der Waals surface area (Å²) in [5.74, 6) is -2.08. The van der Waals surface area contributed by atoms with Crippen LogP contribution in [0.25, 0.3) is 0 Å². The molecular formula is C28H27Cl3F3N5O6S. The molecule has 1 aromatic heterocycles. The Morgan fingerprint density at radius 1 is 1.11 bits per heavy atom. The van der Waals surface area contributed by atoms with Gasteiger partial charge in [0, 0.05) is 36.8 Å². The monoisotopic (exact) mass is 723 g/mol. The van der Waals surface area contributed by atoms with Crippen molar-refractivity contribution in [3.63, 3.8) is 0 Å². The molecule has 0 saturated heterocycles. The molecule has 0 radical (unpaired) electrons. The summed E-state index contributed by atoms with van der Waals surface area (Å²) in [6.07, 6.45) is -1.81. The fourth-order valence-electron chi connectivity index (χ4n) is 4.29. The Labute approximate surface area is 277 Å². The number of aromatic nitrogens is 1. The van der Waals surface area contributed by atoms with Gasteiger partial charge in [-0.05, 0) is 37.0 Å². The number of benzene rings is 2. The number of sulfonamides is 1. The zero-order valence-electron chi connectivity index (χ0n) is 24.0. The minimum Gasteiger partial charge on any atom is -0.475 e. The predicted molar refractivity (Wildman–Crippen MR) is 164 cm³/mol. The number of carbonyl (C=O) groups is 2. The number of nitrogens with one attached hydrogen (secondary N) is 1. The second-order valence-electron chi connectivity index (χ2n) is 10.2. The highest BCUT2D eigenvalue weighted by Crippen LogP contribution is 2.39. The highest BCUT2D eigenvalue weighted by molar-refractivity contribution is 7.89. The zero-order chi connectivity index (χ0) is 33.8. The average molecular weight is 725 g/mol. The first-order valence-electron chi connectivity index (χ1n) is 13.6. The molecule has 0 spiro atoms. The Kier molecular flexibility index (Phi) is 11.3. The van der Waals surface area contributed by atoms with Crippen LogP contribution in [0.15, 0.2) is 57.0 Å². The number of carboxylic acids is 1. The second-order valence-corrected chi connectivity index (χ2v) is 13.3. The Hall–Kier alpha value is -3.37. The van der Waals surface area contributed by atoms with Crippen LogP contribution >= 0.6 is 34.8 Å². The minimum absolute atomic E-state index is 0.0679. The molecule has 2 heterocycles. The van der Waals surface area contributed by atoms with E-state index in [9.17, 15) is 26.4 Å². The lowest BCUT2D eigenvalue weighted by Crippen LogP contribution is -2.33. The van der Waals surface area contributed by atoms with Gasteiger partial charge in [-0.1, -0.05) is 59.1 Å². The van der Waals surface area contributed by atoms with E-state index in [-0.39, 0.29) is 50.0 Å². The van der Waals surface area contributed by atoms with Crippen molar-refractivity contribution in [1.82, 2.24) is 19.5 Å². The highest BCUT2D eigenvalue weighted by atomic mass is 35.5. The third-order valence-corrected chi connectivity index (χ3v) is 9.81. The van der Waals surface area contributed by atoms with E-state index in [0.717, 1.165) is 30.1 Å². The Balaban J connectivity index is 0.000000617. The molecule has 1 saturated carbocycles. The Morgan fingerprint density at radius 3 is 2.24 bits per heavy atom. The lowest BCUT2D eigenvalue weighted by atomic mass is 10.1. The van der Waals surface area contributed by atoms with Crippen molar-refractivity contribution in [2.24, 2.45) is 4.99 Å². The number of oxazole rings is 1. The van der Waals surface area contributed by atoms with Gasteiger partial charge < -0.3 is 19.7 Å². The summed E-state index contributed by atoms with van der Waals surface area (Å²) in [5, 5.41) is 10.5. The number of aliphatic carboxylic acids is 1. The number of amidine groups is 1. The number of aliphatic imine (C=N–C) groups is 1. The van der Waals surface area contributed by atoms with Gasteiger partial charge in [0.2, 0.25) is 15.9 Å². The largest absolute Gasteiger partial charge is 0.490 e. The van der Waals surface area contributed by atoms with E-state index in [1.807, 2.05) is 24.3 Å². The summed E-state index contributed by atoms with van der Waals surface area (Å²) in [7, 11) is -2.40. The normalized spacial score (nSPS) is 14.7. The van der Waals surface area contributed by atoms with Crippen molar-refractivity contribution in [2.45, 2.75) is 42.9 Å². The maximum absolute atomic E-state index is 13.5. The van der Waals surface area contributed by atoms with Crippen LogP contribution < -0.4 is 5.32 Å². The quantitative estimate of drug-likeness (QED) is 0.287. The van der Waals surface area contributed by atoms with Crippen molar-refractivity contribution in [3.8, 4) is 0 Å². The second kappa shape index (κ2) is 14.6. The van der Waals surface area contributed by atoms with Crippen molar-refractivity contribution in [1.29, 1.82) is 0 Å². The lowest BCUT2D eigenvalue weighted by Gasteiger charge is -2.22. The predicted octanol–water partition coefficient (Wildman–Crippen LogP) is 5.29. The van der Waals surface area contributed by atoms with Crippen LogP contribution in [-0.2, 0) is 27.8 Å². The summed E-state index contributed by atoms with van der Waals surface area (Å²) >= 11 is 18.4. The molecule has 18 heteroatoms. The molecule has 2 N–H and O–H groups in total. The van der Waals surface area contributed by atoms with Crippen LogP contribution in [0, 0.1) is 0 Å². The Morgan fingerprint density at radius 2 is 1.72 bits per heavy atom. The fraction of sp³-hybridized carbons (Fsp3) is 0.357. The summed E-state index contributed by atoms with van der Waals surface area (Å²) < 4.78 is 65.5. The molecule has 2 aromatic carbocycles. The molecule has 248 valence electrons. The first kappa shape index (κ1) is 35.5. The number of halogens is 6. The number of amides is 1. The topological polar surface area (TPSA) is 145 Å².